The summed E-state index contributed by atoms with van der Waals surface area (Å²) in [7, 11) is 0. The highest BCUT2D eigenvalue weighted by Gasteiger charge is 2.11. The molecular weight excluding hydrogens is 408 g/mol. The Hall–Kier alpha value is -4.00. The van der Waals surface area contributed by atoms with Crippen molar-refractivity contribution >= 4 is 27.5 Å². The molecule has 0 bridgehead atoms. The van der Waals surface area contributed by atoms with E-state index in [0.29, 0.717) is 5.82 Å². The summed E-state index contributed by atoms with van der Waals surface area (Å²) in [5.41, 5.74) is 6.43. The molecule has 0 atom stereocenters. The van der Waals surface area contributed by atoms with Crippen LogP contribution in [-0.4, -0.2) is 9.97 Å². The number of rotatable bonds is 4. The zero-order valence-corrected chi connectivity index (χ0v) is 18.4. The SMILES string of the molecule is C#Cc1sc2cc(-c3ccnc(-c4ccc(-c5ccccc5)cc4)n3)ccc2c1/C=C\C. The molecule has 0 N–H and O–H groups in total. The van der Waals surface area contributed by atoms with Crippen molar-refractivity contribution in [3.05, 3.63) is 102 Å². The molecule has 0 spiro atoms. The van der Waals surface area contributed by atoms with Crippen LogP contribution in [0.2, 0.25) is 0 Å². The maximum Gasteiger partial charge on any atom is 0.159 e. The Morgan fingerprint density at radius 3 is 2.31 bits per heavy atom. The van der Waals surface area contributed by atoms with Gasteiger partial charge >= 0.3 is 0 Å². The molecule has 0 aliphatic heterocycles. The van der Waals surface area contributed by atoms with E-state index in [4.69, 9.17) is 11.4 Å². The molecule has 5 aromatic rings. The lowest BCUT2D eigenvalue weighted by atomic mass is 10.0. The number of aromatic nitrogens is 2. The molecule has 3 aromatic carbocycles. The van der Waals surface area contributed by atoms with Crippen LogP contribution in [0.4, 0.5) is 0 Å². The van der Waals surface area contributed by atoms with E-state index in [1.54, 1.807) is 11.3 Å². The van der Waals surface area contributed by atoms with E-state index >= 15 is 0 Å². The van der Waals surface area contributed by atoms with Crippen LogP contribution in [0.1, 0.15) is 17.4 Å². The second-order valence-corrected chi connectivity index (χ2v) is 8.46. The van der Waals surface area contributed by atoms with Gasteiger partial charge in [0.25, 0.3) is 0 Å². The minimum Gasteiger partial charge on any atom is -0.237 e. The lowest BCUT2D eigenvalue weighted by Gasteiger charge is -2.06. The first kappa shape index (κ1) is 19.9. The van der Waals surface area contributed by atoms with Crippen LogP contribution in [-0.2, 0) is 0 Å². The topological polar surface area (TPSA) is 25.8 Å². The Morgan fingerprint density at radius 2 is 1.56 bits per heavy atom. The highest BCUT2D eigenvalue weighted by Crippen LogP contribution is 2.35. The third-order valence-electron chi connectivity index (χ3n) is 5.39. The molecule has 0 amide bonds. The van der Waals surface area contributed by atoms with E-state index in [1.165, 1.54) is 16.5 Å². The van der Waals surface area contributed by atoms with E-state index in [1.807, 2.05) is 43.5 Å². The Bertz CT molecular complexity index is 1470. The lowest BCUT2D eigenvalue weighted by Crippen LogP contribution is -1.91. The van der Waals surface area contributed by atoms with Crippen LogP contribution in [0.15, 0.2) is 91.1 Å². The highest BCUT2D eigenvalue weighted by molar-refractivity contribution is 7.19. The minimum atomic E-state index is 0.715. The van der Waals surface area contributed by atoms with Gasteiger partial charge in [0.2, 0.25) is 0 Å². The molecule has 0 fully saturated rings. The van der Waals surface area contributed by atoms with Gasteiger partial charge in [-0.1, -0.05) is 84.8 Å². The average Bonchev–Trinajstić information content (AvgIpc) is 3.22. The van der Waals surface area contributed by atoms with Gasteiger partial charge in [-0.2, -0.15) is 0 Å². The Kier molecular flexibility index (Phi) is 5.37. The van der Waals surface area contributed by atoms with Gasteiger partial charge in [0.1, 0.15) is 0 Å². The molecule has 0 unspecified atom stereocenters. The Balaban J connectivity index is 1.50. The predicted octanol–water partition coefficient (Wildman–Crippen LogP) is 7.71. The molecule has 0 saturated heterocycles. The van der Waals surface area contributed by atoms with Gasteiger partial charge in [-0.3, -0.25) is 0 Å². The number of benzene rings is 3. The standard InChI is InChI=1S/C29H20N2S/c1-3-8-24-25-16-15-23(19-28(25)32-27(24)4-2)26-17-18-30-29(31-26)22-13-11-21(12-14-22)20-9-6-5-7-10-20/h2-3,5-19H,1H3/b8-3-. The quantitative estimate of drug-likeness (QED) is 0.274. The third kappa shape index (κ3) is 3.73. The number of fused-ring (bicyclic) bond motifs is 1. The zero-order chi connectivity index (χ0) is 21.9. The van der Waals surface area contributed by atoms with Gasteiger partial charge in [0.05, 0.1) is 10.6 Å². The Labute approximate surface area is 191 Å². The maximum atomic E-state index is 5.73. The van der Waals surface area contributed by atoms with Crippen LogP contribution in [0, 0.1) is 12.3 Å². The molecule has 0 saturated carbocycles. The van der Waals surface area contributed by atoms with Crippen molar-refractivity contribution in [3.8, 4) is 46.1 Å². The molecule has 2 aromatic heterocycles. The van der Waals surface area contributed by atoms with Crippen LogP contribution < -0.4 is 0 Å². The number of hydrogen-bond acceptors (Lipinski definition) is 3. The van der Waals surface area contributed by atoms with Crippen molar-refractivity contribution < 1.29 is 0 Å². The smallest absolute Gasteiger partial charge is 0.159 e. The largest absolute Gasteiger partial charge is 0.237 e. The summed E-state index contributed by atoms with van der Waals surface area (Å²) >= 11 is 1.64. The van der Waals surface area contributed by atoms with Crippen molar-refractivity contribution in [1.29, 1.82) is 0 Å². The van der Waals surface area contributed by atoms with E-state index in [2.05, 4.69) is 71.6 Å². The van der Waals surface area contributed by atoms with Crippen molar-refractivity contribution in [3.63, 3.8) is 0 Å². The number of allylic oxidation sites excluding steroid dienone is 1. The van der Waals surface area contributed by atoms with Gasteiger partial charge in [-0.25, -0.2) is 9.97 Å². The van der Waals surface area contributed by atoms with Gasteiger partial charge < -0.3 is 0 Å². The predicted molar refractivity (Wildman–Crippen MR) is 136 cm³/mol. The van der Waals surface area contributed by atoms with Crippen LogP contribution >= 0.6 is 11.3 Å². The van der Waals surface area contributed by atoms with Gasteiger partial charge in [0, 0.05) is 33.0 Å². The fourth-order valence-corrected chi connectivity index (χ4v) is 4.86. The number of hydrogen-bond donors (Lipinski definition) is 0. The normalized spacial score (nSPS) is 11.1. The fraction of sp³-hybridized carbons (Fsp3) is 0.0345. The van der Waals surface area contributed by atoms with Gasteiger partial charge in [-0.05, 0) is 30.2 Å². The first-order valence-corrected chi connectivity index (χ1v) is 11.2. The summed E-state index contributed by atoms with van der Waals surface area (Å²) in [6, 6.07) is 27.1. The van der Waals surface area contributed by atoms with Crippen LogP contribution in [0.3, 0.4) is 0 Å². The van der Waals surface area contributed by atoms with Crippen LogP contribution in [0.5, 0.6) is 0 Å². The third-order valence-corrected chi connectivity index (χ3v) is 6.49. The van der Waals surface area contributed by atoms with Crippen molar-refractivity contribution in [2.45, 2.75) is 6.92 Å². The summed E-state index contributed by atoms with van der Waals surface area (Å²) in [4.78, 5) is 10.3. The molecule has 0 aliphatic carbocycles. The monoisotopic (exact) mass is 428 g/mol. The van der Waals surface area contributed by atoms with Gasteiger partial charge in [-0.15, -0.1) is 17.8 Å². The molecule has 32 heavy (non-hydrogen) atoms. The molecule has 0 aliphatic rings. The van der Waals surface area contributed by atoms with Gasteiger partial charge in [0.15, 0.2) is 5.82 Å². The molecular formula is C29H20N2S. The van der Waals surface area contributed by atoms with E-state index in [0.717, 1.165) is 32.0 Å². The minimum absolute atomic E-state index is 0.715. The average molecular weight is 429 g/mol. The maximum absolute atomic E-state index is 5.73. The van der Waals surface area contributed by atoms with Crippen molar-refractivity contribution in [2.75, 3.05) is 0 Å². The van der Waals surface area contributed by atoms with Crippen molar-refractivity contribution in [1.82, 2.24) is 9.97 Å². The summed E-state index contributed by atoms with van der Waals surface area (Å²) in [5.74, 6) is 3.53. The number of terminal acetylenes is 1. The molecule has 5 rings (SSSR count). The van der Waals surface area contributed by atoms with E-state index in [-0.39, 0.29) is 0 Å². The van der Waals surface area contributed by atoms with E-state index in [9.17, 15) is 0 Å². The molecule has 152 valence electrons. The summed E-state index contributed by atoms with van der Waals surface area (Å²) in [6.07, 6.45) is 11.7. The highest BCUT2D eigenvalue weighted by atomic mass is 32.1. The fourth-order valence-electron chi connectivity index (χ4n) is 3.82. The summed E-state index contributed by atoms with van der Waals surface area (Å²) < 4.78 is 1.16. The summed E-state index contributed by atoms with van der Waals surface area (Å²) in [5, 5.41) is 1.18. The first-order chi connectivity index (χ1) is 15.8. The van der Waals surface area contributed by atoms with E-state index < -0.39 is 0 Å². The second kappa shape index (κ2) is 8.63. The Morgan fingerprint density at radius 1 is 0.844 bits per heavy atom. The zero-order valence-electron chi connectivity index (χ0n) is 17.6. The number of nitrogens with zero attached hydrogens (tertiary/aromatic N) is 2. The molecule has 0 radical (unpaired) electrons. The molecule has 3 heteroatoms. The lowest BCUT2D eigenvalue weighted by molar-refractivity contribution is 1.18. The first-order valence-electron chi connectivity index (χ1n) is 10.4. The molecule has 2 heterocycles. The molecule has 2 nitrogen and oxygen atoms in total. The second-order valence-electron chi connectivity index (χ2n) is 7.41. The van der Waals surface area contributed by atoms with Crippen LogP contribution in [0.25, 0.3) is 49.9 Å². The van der Waals surface area contributed by atoms with Crippen molar-refractivity contribution in [2.24, 2.45) is 0 Å². The summed E-state index contributed by atoms with van der Waals surface area (Å²) in [6.45, 7) is 2.01. The number of thiophene rings is 1.